The van der Waals surface area contributed by atoms with Gasteiger partial charge in [-0.1, -0.05) is 19.8 Å². The molecule has 1 heterocycles. The highest BCUT2D eigenvalue weighted by Gasteiger charge is 2.09. The van der Waals surface area contributed by atoms with Crippen molar-refractivity contribution >= 4 is 11.3 Å². The van der Waals surface area contributed by atoms with Crippen molar-refractivity contribution in [3.05, 3.63) is 23.7 Å². The number of aliphatic imine (C=N–C) groups is 1. The van der Waals surface area contributed by atoms with Crippen LogP contribution in [0.1, 0.15) is 44.4 Å². The Bertz CT molecular complexity index is 401. The van der Waals surface area contributed by atoms with Crippen LogP contribution in [0, 0.1) is 6.92 Å². The van der Waals surface area contributed by atoms with E-state index >= 15 is 0 Å². The Morgan fingerprint density at radius 2 is 2.29 bits per heavy atom. The normalized spacial score (nSPS) is 13.1. The van der Waals surface area contributed by atoms with Gasteiger partial charge in [0.2, 0.25) is 0 Å². The van der Waals surface area contributed by atoms with Crippen LogP contribution in [0.4, 0.5) is 0 Å². The number of hydrogen-bond acceptors (Lipinski definition) is 3. The molecule has 4 nitrogen and oxygen atoms in total. The fraction of sp³-hybridized carbons (Fsp3) is 0.538. The van der Waals surface area contributed by atoms with E-state index in [1.165, 1.54) is 12.8 Å². The fourth-order valence-corrected chi connectivity index (χ4v) is 1.70. The van der Waals surface area contributed by atoms with E-state index in [-0.39, 0.29) is 0 Å². The summed E-state index contributed by atoms with van der Waals surface area (Å²) < 4.78 is 0. The largest absolute Gasteiger partial charge is 0.404 e. The maximum atomic E-state index is 5.67. The Kier molecular flexibility index (Phi) is 5.46. The summed E-state index contributed by atoms with van der Waals surface area (Å²) in [7, 11) is 0. The molecule has 1 aromatic heterocycles. The SMILES string of the molecule is CCCCCN=C(C)/C(=C\N)c1[nH]ncc1C. The van der Waals surface area contributed by atoms with Gasteiger partial charge in [-0.05, 0) is 25.8 Å². The molecule has 4 heteroatoms. The van der Waals surface area contributed by atoms with Gasteiger partial charge in [0.1, 0.15) is 0 Å². The topological polar surface area (TPSA) is 67.1 Å². The van der Waals surface area contributed by atoms with Crippen molar-refractivity contribution in [1.82, 2.24) is 10.2 Å². The first kappa shape index (κ1) is 13.5. The van der Waals surface area contributed by atoms with Gasteiger partial charge in [-0.25, -0.2) is 0 Å². The number of aryl methyl sites for hydroxylation is 1. The summed E-state index contributed by atoms with van der Waals surface area (Å²) in [5.41, 5.74) is 9.63. The molecule has 0 unspecified atom stereocenters. The number of nitrogens with two attached hydrogens (primary N) is 1. The summed E-state index contributed by atoms with van der Waals surface area (Å²) >= 11 is 0. The molecule has 0 radical (unpaired) electrons. The number of nitrogens with zero attached hydrogens (tertiary/aromatic N) is 2. The van der Waals surface area contributed by atoms with Gasteiger partial charge in [0.15, 0.2) is 0 Å². The molecule has 0 aromatic carbocycles. The van der Waals surface area contributed by atoms with E-state index in [1.807, 2.05) is 13.8 Å². The van der Waals surface area contributed by atoms with E-state index < -0.39 is 0 Å². The van der Waals surface area contributed by atoms with Crippen LogP contribution in [-0.4, -0.2) is 22.5 Å². The third kappa shape index (κ3) is 3.73. The van der Waals surface area contributed by atoms with Crippen molar-refractivity contribution in [3.63, 3.8) is 0 Å². The zero-order valence-corrected chi connectivity index (χ0v) is 11.0. The molecule has 0 saturated carbocycles. The first-order chi connectivity index (χ1) is 8.20. The standard InChI is InChI=1S/C13H22N4/c1-4-5-6-7-15-11(3)12(8-14)13-10(2)9-16-17-13/h8-9H,4-7,14H2,1-3H3,(H,16,17)/b12-8+,15-11?. The van der Waals surface area contributed by atoms with E-state index in [4.69, 9.17) is 5.73 Å². The molecule has 0 amide bonds. The highest BCUT2D eigenvalue weighted by atomic mass is 15.1. The van der Waals surface area contributed by atoms with Crippen LogP contribution in [0.3, 0.4) is 0 Å². The van der Waals surface area contributed by atoms with Gasteiger partial charge in [0.05, 0.1) is 11.9 Å². The number of H-pyrrole nitrogens is 1. The minimum Gasteiger partial charge on any atom is -0.404 e. The molecule has 0 spiro atoms. The van der Waals surface area contributed by atoms with E-state index in [0.717, 1.165) is 35.5 Å². The summed E-state index contributed by atoms with van der Waals surface area (Å²) in [5, 5.41) is 6.97. The summed E-state index contributed by atoms with van der Waals surface area (Å²) in [6, 6.07) is 0. The van der Waals surface area contributed by atoms with Gasteiger partial charge in [0, 0.05) is 24.0 Å². The maximum absolute atomic E-state index is 5.67. The van der Waals surface area contributed by atoms with Gasteiger partial charge in [0.25, 0.3) is 0 Å². The highest BCUT2D eigenvalue weighted by molar-refractivity contribution is 6.22. The van der Waals surface area contributed by atoms with Gasteiger partial charge in [-0.15, -0.1) is 0 Å². The monoisotopic (exact) mass is 234 g/mol. The third-order valence-corrected chi connectivity index (χ3v) is 2.77. The smallest absolute Gasteiger partial charge is 0.0711 e. The summed E-state index contributed by atoms with van der Waals surface area (Å²) in [6.07, 6.45) is 6.96. The second kappa shape index (κ2) is 6.89. The zero-order valence-electron chi connectivity index (χ0n) is 11.0. The lowest BCUT2D eigenvalue weighted by Gasteiger charge is -2.05. The van der Waals surface area contributed by atoms with E-state index in [9.17, 15) is 0 Å². The first-order valence-corrected chi connectivity index (χ1v) is 6.14. The lowest BCUT2D eigenvalue weighted by atomic mass is 10.1. The van der Waals surface area contributed by atoms with Gasteiger partial charge in [-0.2, -0.15) is 5.10 Å². The first-order valence-electron chi connectivity index (χ1n) is 6.14. The van der Waals surface area contributed by atoms with E-state index in [1.54, 1.807) is 12.4 Å². The Labute approximate surface area is 103 Å². The Balaban J connectivity index is 2.72. The van der Waals surface area contributed by atoms with Gasteiger partial charge >= 0.3 is 0 Å². The molecule has 0 aliphatic rings. The molecule has 94 valence electrons. The lowest BCUT2D eigenvalue weighted by Crippen LogP contribution is -2.03. The zero-order chi connectivity index (χ0) is 12.7. The number of aromatic amines is 1. The van der Waals surface area contributed by atoms with Crippen LogP contribution in [-0.2, 0) is 0 Å². The molecule has 3 N–H and O–H groups in total. The Morgan fingerprint density at radius 3 is 2.82 bits per heavy atom. The summed E-state index contributed by atoms with van der Waals surface area (Å²) in [6.45, 7) is 7.05. The Morgan fingerprint density at radius 1 is 1.53 bits per heavy atom. The van der Waals surface area contributed by atoms with Crippen LogP contribution in [0.5, 0.6) is 0 Å². The van der Waals surface area contributed by atoms with E-state index in [0.29, 0.717) is 0 Å². The van der Waals surface area contributed by atoms with Crippen LogP contribution in [0.25, 0.3) is 5.57 Å². The number of hydrogen-bond donors (Lipinski definition) is 2. The molecule has 17 heavy (non-hydrogen) atoms. The molecular weight excluding hydrogens is 212 g/mol. The van der Waals surface area contributed by atoms with E-state index in [2.05, 4.69) is 22.1 Å². The predicted molar refractivity (Wildman–Crippen MR) is 73.0 cm³/mol. The quantitative estimate of drug-likeness (QED) is 0.587. The molecule has 1 rings (SSSR count). The number of nitrogens with one attached hydrogen (secondary N) is 1. The number of aromatic nitrogens is 2. The van der Waals surface area contributed by atoms with Crippen molar-refractivity contribution in [2.45, 2.75) is 40.0 Å². The number of allylic oxidation sites excluding steroid dienone is 1. The molecule has 0 fully saturated rings. The molecule has 1 aromatic rings. The average Bonchev–Trinajstić information content (AvgIpc) is 2.72. The van der Waals surface area contributed by atoms with Crippen LogP contribution in [0.15, 0.2) is 17.4 Å². The maximum Gasteiger partial charge on any atom is 0.0711 e. The minimum absolute atomic E-state index is 0.865. The van der Waals surface area contributed by atoms with Crippen molar-refractivity contribution in [2.75, 3.05) is 6.54 Å². The average molecular weight is 234 g/mol. The predicted octanol–water partition coefficient (Wildman–Crippen LogP) is 2.67. The Hall–Kier alpha value is -1.58. The van der Waals surface area contributed by atoms with Crippen LogP contribution >= 0.6 is 0 Å². The molecule has 0 atom stereocenters. The molecule has 0 bridgehead atoms. The molecule has 0 saturated heterocycles. The third-order valence-electron chi connectivity index (χ3n) is 2.77. The minimum atomic E-state index is 0.865. The highest BCUT2D eigenvalue weighted by Crippen LogP contribution is 2.16. The lowest BCUT2D eigenvalue weighted by molar-refractivity contribution is 0.728. The summed E-state index contributed by atoms with van der Waals surface area (Å²) in [5.74, 6) is 0. The summed E-state index contributed by atoms with van der Waals surface area (Å²) in [4.78, 5) is 4.55. The molecular formula is C13H22N4. The second-order valence-electron chi connectivity index (χ2n) is 4.18. The number of rotatable bonds is 6. The fourth-order valence-electron chi connectivity index (χ4n) is 1.70. The van der Waals surface area contributed by atoms with Crippen LogP contribution in [0.2, 0.25) is 0 Å². The molecule has 0 aliphatic carbocycles. The van der Waals surface area contributed by atoms with Gasteiger partial charge < -0.3 is 5.73 Å². The van der Waals surface area contributed by atoms with Gasteiger partial charge in [-0.3, -0.25) is 10.1 Å². The van der Waals surface area contributed by atoms with Crippen LogP contribution < -0.4 is 5.73 Å². The van der Waals surface area contributed by atoms with Crippen molar-refractivity contribution in [3.8, 4) is 0 Å². The van der Waals surface area contributed by atoms with Crippen molar-refractivity contribution in [2.24, 2.45) is 10.7 Å². The van der Waals surface area contributed by atoms with Crippen molar-refractivity contribution < 1.29 is 0 Å². The molecule has 0 aliphatic heterocycles. The second-order valence-corrected chi connectivity index (χ2v) is 4.18. The number of unbranched alkanes of at least 4 members (excludes halogenated alkanes) is 2. The van der Waals surface area contributed by atoms with Crippen molar-refractivity contribution in [1.29, 1.82) is 0 Å².